The fourth-order valence-corrected chi connectivity index (χ4v) is 2.67. The van der Waals surface area contributed by atoms with E-state index in [4.69, 9.17) is 5.26 Å². The van der Waals surface area contributed by atoms with E-state index in [-0.39, 0.29) is 12.5 Å². The molecule has 1 aromatic heterocycles. The van der Waals surface area contributed by atoms with E-state index in [1.165, 1.54) is 0 Å². The first-order chi connectivity index (χ1) is 13.2. The monoisotopic (exact) mass is 360 g/mol. The van der Waals surface area contributed by atoms with Crippen LogP contribution in [0.25, 0.3) is 11.0 Å². The van der Waals surface area contributed by atoms with Crippen molar-refractivity contribution >= 4 is 28.8 Å². The van der Waals surface area contributed by atoms with Crippen LogP contribution < -0.4 is 10.3 Å². The van der Waals surface area contributed by atoms with E-state index < -0.39 is 0 Å². The van der Waals surface area contributed by atoms with Crippen molar-refractivity contribution in [3.05, 3.63) is 60.4 Å². The number of nitrogens with zero attached hydrogens (tertiary/aromatic N) is 5. The maximum Gasteiger partial charge on any atom is 0.260 e. The number of para-hydroxylation sites is 2. The van der Waals surface area contributed by atoms with Gasteiger partial charge >= 0.3 is 0 Å². The zero-order valence-corrected chi connectivity index (χ0v) is 15.0. The Labute approximate surface area is 157 Å². The largest absolute Gasteiger partial charge is 0.374 e. The van der Waals surface area contributed by atoms with Crippen molar-refractivity contribution in [1.29, 1.82) is 5.26 Å². The number of hydrogen-bond donors (Lipinski definition) is 1. The maximum absolute atomic E-state index is 12.1. The molecular weight excluding hydrogens is 340 g/mol. The molecule has 0 aliphatic carbocycles. The summed E-state index contributed by atoms with van der Waals surface area (Å²) in [7, 11) is 1.94. The fourth-order valence-electron chi connectivity index (χ4n) is 2.67. The SMILES string of the molecule is CN(CCC#N)c1ccc(/C=N\NC(=O)Cn2cnc3ccccc32)cc1. The average Bonchev–Trinajstić information content (AvgIpc) is 3.09. The highest BCUT2D eigenvalue weighted by Crippen LogP contribution is 2.13. The molecule has 0 saturated carbocycles. The summed E-state index contributed by atoms with van der Waals surface area (Å²) >= 11 is 0. The Morgan fingerprint density at radius 2 is 2.07 bits per heavy atom. The van der Waals surface area contributed by atoms with Crippen LogP contribution in [-0.4, -0.2) is 35.3 Å². The van der Waals surface area contributed by atoms with Gasteiger partial charge in [0.2, 0.25) is 0 Å². The van der Waals surface area contributed by atoms with Gasteiger partial charge < -0.3 is 9.47 Å². The van der Waals surface area contributed by atoms with Crippen molar-refractivity contribution in [3.63, 3.8) is 0 Å². The lowest BCUT2D eigenvalue weighted by Gasteiger charge is -2.17. The summed E-state index contributed by atoms with van der Waals surface area (Å²) in [6.45, 7) is 0.837. The van der Waals surface area contributed by atoms with Crippen LogP contribution in [0.2, 0.25) is 0 Å². The molecule has 2 aromatic carbocycles. The van der Waals surface area contributed by atoms with Gasteiger partial charge in [0.1, 0.15) is 6.54 Å². The number of benzene rings is 2. The maximum atomic E-state index is 12.1. The summed E-state index contributed by atoms with van der Waals surface area (Å²) in [6.07, 6.45) is 3.73. The van der Waals surface area contributed by atoms with Gasteiger partial charge in [-0.15, -0.1) is 0 Å². The number of hydrogen-bond acceptors (Lipinski definition) is 5. The van der Waals surface area contributed by atoms with E-state index in [0.717, 1.165) is 22.3 Å². The third-order valence-corrected chi connectivity index (χ3v) is 4.14. The molecule has 0 radical (unpaired) electrons. The Morgan fingerprint density at radius 3 is 2.85 bits per heavy atom. The summed E-state index contributed by atoms with van der Waals surface area (Å²) in [5, 5.41) is 12.7. The third-order valence-electron chi connectivity index (χ3n) is 4.14. The molecule has 27 heavy (non-hydrogen) atoms. The lowest BCUT2D eigenvalue weighted by Crippen LogP contribution is -2.22. The number of carbonyl (C=O) groups is 1. The van der Waals surface area contributed by atoms with E-state index in [2.05, 4.69) is 21.6 Å². The van der Waals surface area contributed by atoms with Gasteiger partial charge in [0.25, 0.3) is 5.91 Å². The number of nitrogens with one attached hydrogen (secondary N) is 1. The number of imidazole rings is 1. The van der Waals surface area contributed by atoms with Crippen LogP contribution in [0.3, 0.4) is 0 Å². The standard InChI is InChI=1S/C20H20N6O/c1-25(12-4-11-21)17-9-7-16(8-10-17)13-23-24-20(27)14-26-15-22-18-5-2-3-6-19(18)26/h2-3,5-10,13,15H,4,12,14H2,1H3,(H,24,27)/b23-13-. The molecule has 1 amide bonds. The molecule has 0 unspecified atom stereocenters. The van der Waals surface area contributed by atoms with Crippen LogP contribution in [-0.2, 0) is 11.3 Å². The van der Waals surface area contributed by atoms with Crippen LogP contribution in [0.5, 0.6) is 0 Å². The molecule has 0 fully saturated rings. The number of aromatic nitrogens is 2. The summed E-state index contributed by atoms with van der Waals surface area (Å²) in [6, 6.07) is 17.5. The van der Waals surface area contributed by atoms with Crippen molar-refractivity contribution in [2.45, 2.75) is 13.0 Å². The molecule has 3 rings (SSSR count). The number of nitriles is 1. The number of rotatable bonds is 7. The zero-order valence-electron chi connectivity index (χ0n) is 15.0. The Balaban J connectivity index is 1.54. The Bertz CT molecular complexity index is 984. The molecule has 0 spiro atoms. The minimum atomic E-state index is -0.220. The Morgan fingerprint density at radius 1 is 1.30 bits per heavy atom. The first-order valence-electron chi connectivity index (χ1n) is 8.57. The van der Waals surface area contributed by atoms with E-state index in [0.29, 0.717) is 13.0 Å². The predicted octanol–water partition coefficient (Wildman–Crippen LogP) is 2.54. The Hall–Kier alpha value is -3.66. The summed E-state index contributed by atoms with van der Waals surface area (Å²) in [4.78, 5) is 18.4. The summed E-state index contributed by atoms with van der Waals surface area (Å²) < 4.78 is 1.78. The van der Waals surface area contributed by atoms with E-state index >= 15 is 0 Å². The molecule has 7 heteroatoms. The van der Waals surface area contributed by atoms with Gasteiger partial charge in [-0.3, -0.25) is 4.79 Å². The van der Waals surface area contributed by atoms with Gasteiger partial charge in [-0.05, 0) is 29.8 Å². The second-order valence-corrected chi connectivity index (χ2v) is 6.08. The van der Waals surface area contributed by atoms with Crippen LogP contribution in [0.15, 0.2) is 60.0 Å². The molecule has 0 aliphatic heterocycles. The number of amides is 1. The lowest BCUT2D eigenvalue weighted by molar-refractivity contribution is -0.121. The molecule has 0 bridgehead atoms. The summed E-state index contributed by atoms with van der Waals surface area (Å²) in [5.41, 5.74) is 6.20. The van der Waals surface area contributed by atoms with Crippen LogP contribution in [0, 0.1) is 11.3 Å². The molecule has 1 heterocycles. The van der Waals surface area contributed by atoms with Crippen molar-refractivity contribution in [2.24, 2.45) is 5.10 Å². The molecule has 0 atom stereocenters. The second kappa shape index (κ2) is 8.63. The van der Waals surface area contributed by atoms with Crippen molar-refractivity contribution < 1.29 is 4.79 Å². The van der Waals surface area contributed by atoms with Crippen LogP contribution in [0.1, 0.15) is 12.0 Å². The second-order valence-electron chi connectivity index (χ2n) is 6.08. The van der Waals surface area contributed by atoms with E-state index in [1.807, 2.05) is 60.5 Å². The van der Waals surface area contributed by atoms with Crippen molar-refractivity contribution in [1.82, 2.24) is 15.0 Å². The molecular formula is C20H20N6O. The first kappa shape index (κ1) is 18.1. The first-order valence-corrected chi connectivity index (χ1v) is 8.57. The van der Waals surface area contributed by atoms with Gasteiger partial charge in [0, 0.05) is 19.3 Å². The van der Waals surface area contributed by atoms with E-state index in [9.17, 15) is 4.79 Å². The highest BCUT2D eigenvalue weighted by Gasteiger charge is 2.06. The smallest absolute Gasteiger partial charge is 0.260 e. The highest BCUT2D eigenvalue weighted by molar-refractivity contribution is 5.84. The normalized spacial score (nSPS) is 10.8. The van der Waals surface area contributed by atoms with Crippen LogP contribution >= 0.6 is 0 Å². The van der Waals surface area contributed by atoms with E-state index in [1.54, 1.807) is 17.1 Å². The molecule has 1 N–H and O–H groups in total. The van der Waals surface area contributed by atoms with Crippen molar-refractivity contribution in [3.8, 4) is 6.07 Å². The third kappa shape index (κ3) is 4.70. The van der Waals surface area contributed by atoms with Gasteiger partial charge in [-0.25, -0.2) is 10.4 Å². The fraction of sp³-hybridized carbons (Fsp3) is 0.200. The number of hydrazone groups is 1. The molecule has 0 saturated heterocycles. The van der Waals surface area contributed by atoms with Crippen molar-refractivity contribution in [2.75, 3.05) is 18.5 Å². The highest BCUT2D eigenvalue weighted by atomic mass is 16.2. The Kier molecular flexibility index (Phi) is 5.80. The molecule has 136 valence electrons. The quantitative estimate of drug-likeness (QED) is 0.518. The molecule has 0 aliphatic rings. The molecule has 3 aromatic rings. The topological polar surface area (TPSA) is 86.3 Å². The number of carbonyl (C=O) groups excluding carboxylic acids is 1. The number of fused-ring (bicyclic) bond motifs is 1. The summed E-state index contributed by atoms with van der Waals surface area (Å²) in [5.74, 6) is -0.220. The van der Waals surface area contributed by atoms with Crippen LogP contribution in [0.4, 0.5) is 5.69 Å². The number of anilines is 1. The minimum absolute atomic E-state index is 0.153. The van der Waals surface area contributed by atoms with Gasteiger partial charge in [-0.2, -0.15) is 10.4 Å². The minimum Gasteiger partial charge on any atom is -0.374 e. The van der Waals surface area contributed by atoms with Gasteiger partial charge in [-0.1, -0.05) is 24.3 Å². The zero-order chi connectivity index (χ0) is 19.1. The van der Waals surface area contributed by atoms with Gasteiger partial charge in [0.15, 0.2) is 0 Å². The lowest BCUT2D eigenvalue weighted by atomic mass is 10.2. The average molecular weight is 360 g/mol. The van der Waals surface area contributed by atoms with Gasteiger partial charge in [0.05, 0.1) is 36.1 Å². The predicted molar refractivity (Wildman–Crippen MR) is 105 cm³/mol. The molecule has 7 nitrogen and oxygen atoms in total.